The summed E-state index contributed by atoms with van der Waals surface area (Å²) in [7, 11) is 5.11. The summed E-state index contributed by atoms with van der Waals surface area (Å²) >= 11 is 0. The molecule has 1 unspecified atom stereocenters. The number of aliphatic hydroxyl groups is 1. The highest BCUT2D eigenvalue weighted by Gasteiger charge is 2.19. The number of nitrogens with zero attached hydrogens (tertiary/aromatic N) is 2. The van der Waals surface area contributed by atoms with Gasteiger partial charge < -0.3 is 25.2 Å². The van der Waals surface area contributed by atoms with Crippen molar-refractivity contribution in [1.29, 1.82) is 0 Å². The third kappa shape index (κ3) is 6.12. The first-order valence-corrected chi connectivity index (χ1v) is 10.7. The molecular formula is C24H34N4O3. The molecule has 0 amide bonds. The summed E-state index contributed by atoms with van der Waals surface area (Å²) in [6, 6.07) is 14.2. The SMILES string of the molecule is CN=C(NCCN1CCc2cc(OC)c(OC)cc2C1)NCC(CO)c1ccccc1. The maximum atomic E-state index is 9.74. The maximum Gasteiger partial charge on any atom is 0.191 e. The molecule has 0 aromatic heterocycles. The van der Waals surface area contributed by atoms with Gasteiger partial charge in [0.1, 0.15) is 0 Å². The highest BCUT2D eigenvalue weighted by atomic mass is 16.5. The molecule has 2 aromatic rings. The average molecular weight is 427 g/mol. The fourth-order valence-corrected chi connectivity index (χ4v) is 3.92. The number of aliphatic hydroxyl groups excluding tert-OH is 1. The van der Waals surface area contributed by atoms with Gasteiger partial charge in [-0.3, -0.25) is 9.89 Å². The topological polar surface area (TPSA) is 78.4 Å². The minimum atomic E-state index is 0.0327. The van der Waals surface area contributed by atoms with E-state index in [9.17, 15) is 5.11 Å². The van der Waals surface area contributed by atoms with Crippen molar-refractivity contribution in [1.82, 2.24) is 15.5 Å². The number of hydrogen-bond donors (Lipinski definition) is 3. The van der Waals surface area contributed by atoms with Gasteiger partial charge >= 0.3 is 0 Å². The second-order valence-corrected chi connectivity index (χ2v) is 7.67. The zero-order valence-electron chi connectivity index (χ0n) is 18.7. The summed E-state index contributed by atoms with van der Waals surface area (Å²) in [5.74, 6) is 2.36. The van der Waals surface area contributed by atoms with E-state index in [2.05, 4.69) is 32.7 Å². The monoisotopic (exact) mass is 426 g/mol. The Morgan fingerprint density at radius 1 is 1.10 bits per heavy atom. The number of fused-ring (bicyclic) bond motifs is 1. The second-order valence-electron chi connectivity index (χ2n) is 7.67. The second kappa shape index (κ2) is 11.6. The highest BCUT2D eigenvalue weighted by Crippen LogP contribution is 2.33. The number of nitrogens with one attached hydrogen (secondary N) is 2. The molecule has 2 aromatic carbocycles. The van der Waals surface area contributed by atoms with Crippen LogP contribution in [0.25, 0.3) is 0 Å². The van der Waals surface area contributed by atoms with Crippen LogP contribution >= 0.6 is 0 Å². The van der Waals surface area contributed by atoms with Crippen LogP contribution in [0.4, 0.5) is 0 Å². The molecular weight excluding hydrogens is 392 g/mol. The fourth-order valence-electron chi connectivity index (χ4n) is 3.92. The molecule has 0 radical (unpaired) electrons. The number of rotatable bonds is 9. The van der Waals surface area contributed by atoms with Gasteiger partial charge in [-0.05, 0) is 35.2 Å². The van der Waals surface area contributed by atoms with Crippen LogP contribution in [-0.2, 0) is 13.0 Å². The van der Waals surface area contributed by atoms with Gasteiger partial charge in [-0.25, -0.2) is 0 Å². The van der Waals surface area contributed by atoms with E-state index in [-0.39, 0.29) is 12.5 Å². The Morgan fingerprint density at radius 3 is 2.45 bits per heavy atom. The Hall–Kier alpha value is -2.77. The number of benzene rings is 2. The molecule has 1 aliphatic heterocycles. The summed E-state index contributed by atoms with van der Waals surface area (Å²) in [4.78, 5) is 6.74. The van der Waals surface area contributed by atoms with Gasteiger partial charge in [0, 0.05) is 45.7 Å². The predicted octanol–water partition coefficient (Wildman–Crippen LogP) is 2.00. The van der Waals surface area contributed by atoms with Gasteiger partial charge in [-0.15, -0.1) is 0 Å². The highest BCUT2D eigenvalue weighted by molar-refractivity contribution is 5.79. The zero-order chi connectivity index (χ0) is 22.1. The first-order chi connectivity index (χ1) is 15.2. The molecule has 7 heteroatoms. The van der Waals surface area contributed by atoms with Crippen LogP contribution in [0.5, 0.6) is 11.5 Å². The van der Waals surface area contributed by atoms with Gasteiger partial charge in [-0.2, -0.15) is 0 Å². The van der Waals surface area contributed by atoms with Crippen LogP contribution in [0.3, 0.4) is 0 Å². The predicted molar refractivity (Wildman–Crippen MR) is 124 cm³/mol. The van der Waals surface area contributed by atoms with Crippen LogP contribution in [0.2, 0.25) is 0 Å². The quantitative estimate of drug-likeness (QED) is 0.421. The third-order valence-electron chi connectivity index (χ3n) is 5.75. The fraction of sp³-hybridized carbons (Fsp3) is 0.458. The molecule has 7 nitrogen and oxygen atoms in total. The van der Waals surface area contributed by atoms with Gasteiger partial charge in [0.15, 0.2) is 17.5 Å². The first kappa shape index (κ1) is 22.9. The lowest BCUT2D eigenvalue weighted by Crippen LogP contribution is -2.43. The zero-order valence-corrected chi connectivity index (χ0v) is 18.7. The Labute approximate surface area is 185 Å². The van der Waals surface area contributed by atoms with Crippen molar-refractivity contribution in [3.8, 4) is 11.5 Å². The van der Waals surface area contributed by atoms with E-state index in [1.807, 2.05) is 30.3 Å². The molecule has 168 valence electrons. The van der Waals surface area contributed by atoms with Gasteiger partial charge in [0.2, 0.25) is 0 Å². The van der Waals surface area contributed by atoms with Crippen LogP contribution < -0.4 is 20.1 Å². The molecule has 3 rings (SSSR count). The molecule has 0 fully saturated rings. The van der Waals surface area contributed by atoms with E-state index >= 15 is 0 Å². The van der Waals surface area contributed by atoms with E-state index in [1.54, 1.807) is 21.3 Å². The van der Waals surface area contributed by atoms with Crippen molar-refractivity contribution in [2.45, 2.75) is 18.9 Å². The lowest BCUT2D eigenvalue weighted by Gasteiger charge is -2.29. The summed E-state index contributed by atoms with van der Waals surface area (Å²) in [5, 5.41) is 16.5. The first-order valence-electron chi connectivity index (χ1n) is 10.7. The minimum absolute atomic E-state index is 0.0327. The van der Waals surface area contributed by atoms with Gasteiger partial charge in [0.05, 0.1) is 20.8 Å². The Morgan fingerprint density at radius 2 is 1.81 bits per heavy atom. The smallest absolute Gasteiger partial charge is 0.191 e. The molecule has 0 aliphatic carbocycles. The van der Waals surface area contributed by atoms with Crippen molar-refractivity contribution >= 4 is 5.96 Å². The normalized spacial score (nSPS) is 15.2. The Balaban J connectivity index is 1.47. The molecule has 0 saturated heterocycles. The summed E-state index contributed by atoms with van der Waals surface area (Å²) < 4.78 is 10.9. The molecule has 0 spiro atoms. The van der Waals surface area contributed by atoms with Crippen molar-refractivity contribution in [2.24, 2.45) is 4.99 Å². The van der Waals surface area contributed by atoms with Crippen molar-refractivity contribution in [2.75, 3.05) is 54.1 Å². The van der Waals surface area contributed by atoms with E-state index < -0.39 is 0 Å². The number of guanidine groups is 1. The van der Waals surface area contributed by atoms with E-state index in [0.29, 0.717) is 6.54 Å². The third-order valence-corrected chi connectivity index (χ3v) is 5.75. The molecule has 1 atom stereocenters. The van der Waals surface area contributed by atoms with Crippen LogP contribution in [-0.4, -0.2) is 70.0 Å². The van der Waals surface area contributed by atoms with E-state index in [0.717, 1.165) is 55.6 Å². The largest absolute Gasteiger partial charge is 0.493 e. The average Bonchev–Trinajstić information content (AvgIpc) is 2.82. The Bertz CT molecular complexity index is 857. The van der Waals surface area contributed by atoms with E-state index in [1.165, 1.54) is 11.1 Å². The maximum absolute atomic E-state index is 9.74. The molecule has 1 heterocycles. The van der Waals surface area contributed by atoms with Crippen molar-refractivity contribution in [3.05, 3.63) is 59.2 Å². The lowest BCUT2D eigenvalue weighted by molar-refractivity contribution is 0.256. The number of ether oxygens (including phenoxy) is 2. The number of methoxy groups -OCH3 is 2. The number of hydrogen-bond acceptors (Lipinski definition) is 5. The van der Waals surface area contributed by atoms with Crippen LogP contribution in [0.15, 0.2) is 47.5 Å². The molecule has 0 saturated carbocycles. The van der Waals surface area contributed by atoms with E-state index in [4.69, 9.17) is 9.47 Å². The lowest BCUT2D eigenvalue weighted by atomic mass is 9.99. The Kier molecular flexibility index (Phi) is 8.55. The molecule has 3 N–H and O–H groups in total. The summed E-state index contributed by atoms with van der Waals surface area (Å²) in [6.07, 6.45) is 0.998. The van der Waals surface area contributed by atoms with Gasteiger partial charge in [0.25, 0.3) is 0 Å². The van der Waals surface area contributed by atoms with Crippen molar-refractivity contribution in [3.63, 3.8) is 0 Å². The van der Waals surface area contributed by atoms with Crippen LogP contribution in [0, 0.1) is 0 Å². The van der Waals surface area contributed by atoms with Gasteiger partial charge in [-0.1, -0.05) is 30.3 Å². The summed E-state index contributed by atoms with van der Waals surface area (Å²) in [6.45, 7) is 4.32. The molecule has 1 aliphatic rings. The molecule has 31 heavy (non-hydrogen) atoms. The number of aliphatic imine (C=N–C) groups is 1. The standard InChI is InChI=1S/C24H34N4O3/c1-25-24(27-15-21(17-29)18-7-5-4-6-8-18)26-10-12-28-11-9-19-13-22(30-2)23(31-3)14-20(19)16-28/h4-8,13-14,21,29H,9-12,15-17H2,1-3H3,(H2,25,26,27). The minimum Gasteiger partial charge on any atom is -0.493 e. The molecule has 0 bridgehead atoms. The summed E-state index contributed by atoms with van der Waals surface area (Å²) in [5.41, 5.74) is 3.74. The van der Waals surface area contributed by atoms with Crippen molar-refractivity contribution < 1.29 is 14.6 Å². The van der Waals surface area contributed by atoms with Crippen LogP contribution in [0.1, 0.15) is 22.6 Å².